The van der Waals surface area contributed by atoms with Crippen molar-refractivity contribution in [3.05, 3.63) is 0 Å². The first-order valence-electron chi connectivity index (χ1n) is 6.88. The van der Waals surface area contributed by atoms with Crippen LogP contribution in [-0.4, -0.2) is 15.0 Å². The van der Waals surface area contributed by atoms with E-state index in [1.807, 2.05) is 13.1 Å². The number of carbonyl (C=O) groups is 1. The van der Waals surface area contributed by atoms with E-state index in [9.17, 15) is 4.79 Å². The molecule has 1 aliphatic carbocycles. The first-order valence-corrected chi connectivity index (χ1v) is 9.66. The van der Waals surface area contributed by atoms with E-state index >= 15 is 0 Å². The lowest BCUT2D eigenvalue weighted by Crippen LogP contribution is -2.14. The molecule has 0 aliphatic heterocycles. The number of unbranched alkanes of at least 4 members (excludes halogenated alkanes) is 1. The van der Waals surface area contributed by atoms with Crippen molar-refractivity contribution in [3.63, 3.8) is 0 Å². The largest absolute Gasteiger partial charge is 0.523 e. The van der Waals surface area contributed by atoms with Gasteiger partial charge in [-0.3, -0.25) is 4.79 Å². The van der Waals surface area contributed by atoms with Gasteiger partial charge in [-0.1, -0.05) is 44.9 Å². The number of rotatable bonds is 6. The predicted octanol–water partition coefficient (Wildman–Crippen LogP) is 3.65. The van der Waals surface area contributed by atoms with Crippen LogP contribution in [0.2, 0.25) is 13.1 Å². The Morgan fingerprint density at radius 1 is 1.19 bits per heavy atom. The maximum Gasteiger partial charge on any atom is 0.292 e. The van der Waals surface area contributed by atoms with E-state index in [1.165, 1.54) is 44.9 Å². The Morgan fingerprint density at radius 3 is 2.50 bits per heavy atom. The third-order valence-corrected chi connectivity index (χ3v) is 4.07. The minimum Gasteiger partial charge on any atom is -0.523 e. The van der Waals surface area contributed by atoms with Crippen molar-refractivity contribution in [2.24, 2.45) is 5.92 Å². The van der Waals surface area contributed by atoms with Gasteiger partial charge in [-0.05, 0) is 25.4 Å². The molecule has 0 saturated heterocycles. The van der Waals surface area contributed by atoms with Crippen LogP contribution in [0, 0.1) is 5.92 Å². The zero-order valence-corrected chi connectivity index (χ0v) is 12.0. The first-order chi connectivity index (χ1) is 7.68. The second-order valence-corrected chi connectivity index (χ2v) is 7.62. The lowest BCUT2D eigenvalue weighted by atomic mass is 9.86. The van der Waals surface area contributed by atoms with Gasteiger partial charge in [-0.25, -0.2) is 0 Å². The summed E-state index contributed by atoms with van der Waals surface area (Å²) in [7, 11) is -1.16. The third-order valence-electron chi connectivity index (χ3n) is 3.34. The fourth-order valence-corrected chi connectivity index (χ4v) is 3.14. The van der Waals surface area contributed by atoms with Crippen molar-refractivity contribution in [3.8, 4) is 0 Å². The van der Waals surface area contributed by atoms with Crippen LogP contribution in [0.4, 0.5) is 0 Å². The molecule has 0 N–H and O–H groups in total. The molecule has 0 bridgehead atoms. The van der Waals surface area contributed by atoms with E-state index in [-0.39, 0.29) is 5.97 Å². The van der Waals surface area contributed by atoms with Gasteiger partial charge in [-0.2, -0.15) is 0 Å². The zero-order chi connectivity index (χ0) is 11.8. The average molecular weight is 242 g/mol. The van der Waals surface area contributed by atoms with Crippen molar-refractivity contribution in [2.45, 2.75) is 70.9 Å². The van der Waals surface area contributed by atoms with Crippen LogP contribution < -0.4 is 0 Å². The van der Waals surface area contributed by atoms with Crippen molar-refractivity contribution >= 4 is 15.0 Å². The summed E-state index contributed by atoms with van der Waals surface area (Å²) in [5, 5.41) is 0. The first kappa shape index (κ1) is 13.8. The van der Waals surface area contributed by atoms with Crippen molar-refractivity contribution < 1.29 is 9.22 Å². The van der Waals surface area contributed by atoms with E-state index in [1.54, 1.807) is 0 Å². The second-order valence-electron chi connectivity index (χ2n) is 5.29. The van der Waals surface area contributed by atoms with Gasteiger partial charge in [0.2, 0.25) is 9.04 Å². The van der Waals surface area contributed by atoms with E-state index < -0.39 is 9.04 Å². The molecule has 0 spiro atoms. The molecule has 0 aromatic carbocycles. The molecular formula is C13H26O2Si. The predicted molar refractivity (Wildman–Crippen MR) is 70.0 cm³/mol. The highest BCUT2D eigenvalue weighted by Crippen LogP contribution is 2.27. The van der Waals surface area contributed by atoms with Gasteiger partial charge < -0.3 is 4.43 Å². The van der Waals surface area contributed by atoms with Gasteiger partial charge >= 0.3 is 0 Å². The smallest absolute Gasteiger partial charge is 0.292 e. The Bertz CT molecular complexity index is 198. The molecule has 0 heterocycles. The normalized spacial score (nSPS) is 17.7. The van der Waals surface area contributed by atoms with Crippen LogP contribution in [0.15, 0.2) is 0 Å². The van der Waals surface area contributed by atoms with E-state index in [2.05, 4.69) is 0 Å². The highest BCUT2D eigenvalue weighted by Gasteiger charge is 2.13. The minimum atomic E-state index is -1.16. The summed E-state index contributed by atoms with van der Waals surface area (Å²) < 4.78 is 5.24. The highest BCUT2D eigenvalue weighted by molar-refractivity contribution is 6.50. The van der Waals surface area contributed by atoms with Crippen LogP contribution in [-0.2, 0) is 9.22 Å². The van der Waals surface area contributed by atoms with Crippen LogP contribution in [0.1, 0.15) is 57.8 Å². The molecule has 0 amide bonds. The fraction of sp³-hybridized carbons (Fsp3) is 0.923. The van der Waals surface area contributed by atoms with Gasteiger partial charge in [0.05, 0.1) is 0 Å². The molecule has 0 radical (unpaired) electrons. The summed E-state index contributed by atoms with van der Waals surface area (Å²) in [5.41, 5.74) is 0. The highest BCUT2D eigenvalue weighted by atomic mass is 28.3. The lowest BCUT2D eigenvalue weighted by Gasteiger charge is -2.21. The van der Waals surface area contributed by atoms with Crippen LogP contribution in [0.5, 0.6) is 0 Å². The summed E-state index contributed by atoms with van der Waals surface area (Å²) in [5.74, 6) is 0.981. The van der Waals surface area contributed by atoms with E-state index in [0.717, 1.165) is 12.3 Å². The minimum absolute atomic E-state index is 0.0327. The fourth-order valence-electron chi connectivity index (χ4n) is 2.50. The monoisotopic (exact) mass is 242 g/mol. The molecule has 1 aliphatic rings. The summed E-state index contributed by atoms with van der Waals surface area (Å²) in [6.07, 6.45) is 11.3. The van der Waals surface area contributed by atoms with Gasteiger partial charge in [0.15, 0.2) is 0 Å². The van der Waals surface area contributed by atoms with Crippen molar-refractivity contribution in [1.82, 2.24) is 0 Å². The molecule has 0 aromatic rings. The summed E-state index contributed by atoms with van der Waals surface area (Å²) in [6, 6.07) is 0. The molecular weight excluding hydrogens is 216 g/mol. The molecule has 3 heteroatoms. The summed E-state index contributed by atoms with van der Waals surface area (Å²) >= 11 is 0. The zero-order valence-electron chi connectivity index (χ0n) is 10.8. The SMILES string of the molecule is C[SiH](C)OC(=O)CCCCC1CCCCC1. The number of hydrogen-bond donors (Lipinski definition) is 0. The van der Waals surface area contributed by atoms with Crippen LogP contribution >= 0.6 is 0 Å². The Kier molecular flexibility index (Phi) is 6.77. The molecule has 1 rings (SSSR count). The van der Waals surface area contributed by atoms with Gasteiger partial charge in [-0.15, -0.1) is 0 Å². The Hall–Kier alpha value is -0.313. The van der Waals surface area contributed by atoms with E-state index in [4.69, 9.17) is 4.43 Å². The summed E-state index contributed by atoms with van der Waals surface area (Å²) in [4.78, 5) is 11.3. The van der Waals surface area contributed by atoms with Crippen LogP contribution in [0.3, 0.4) is 0 Å². The Morgan fingerprint density at radius 2 is 1.88 bits per heavy atom. The molecule has 0 atom stereocenters. The topological polar surface area (TPSA) is 26.3 Å². The maximum absolute atomic E-state index is 11.3. The molecule has 16 heavy (non-hydrogen) atoms. The Labute approximate surface area is 101 Å². The van der Waals surface area contributed by atoms with Gasteiger partial charge in [0, 0.05) is 6.42 Å². The van der Waals surface area contributed by atoms with Crippen molar-refractivity contribution in [2.75, 3.05) is 0 Å². The number of hydrogen-bond acceptors (Lipinski definition) is 2. The van der Waals surface area contributed by atoms with Crippen molar-refractivity contribution in [1.29, 1.82) is 0 Å². The molecule has 94 valence electrons. The Balaban J connectivity index is 1.96. The molecule has 1 saturated carbocycles. The standard InChI is InChI=1S/C13H26O2Si/c1-16(2)15-13(14)11-7-6-10-12-8-4-3-5-9-12/h12,16H,3-11H2,1-2H3. The number of carbonyl (C=O) groups excluding carboxylic acids is 1. The van der Waals surface area contributed by atoms with E-state index in [0.29, 0.717) is 6.42 Å². The molecule has 1 fully saturated rings. The van der Waals surface area contributed by atoms with Gasteiger partial charge in [0.1, 0.15) is 0 Å². The molecule has 2 nitrogen and oxygen atoms in total. The molecule has 0 aromatic heterocycles. The quantitative estimate of drug-likeness (QED) is 0.525. The maximum atomic E-state index is 11.3. The lowest BCUT2D eigenvalue weighted by molar-refractivity contribution is -0.134. The third kappa shape index (κ3) is 6.31. The van der Waals surface area contributed by atoms with Crippen LogP contribution in [0.25, 0.3) is 0 Å². The molecule has 0 unspecified atom stereocenters. The summed E-state index contributed by atoms with van der Waals surface area (Å²) in [6.45, 7) is 4.08. The van der Waals surface area contributed by atoms with Gasteiger partial charge in [0.25, 0.3) is 5.97 Å². The average Bonchev–Trinajstić information content (AvgIpc) is 2.25. The second kappa shape index (κ2) is 7.88.